The average molecular weight is 425 g/mol. The van der Waals surface area contributed by atoms with Gasteiger partial charge in [-0.3, -0.25) is 8.37 Å². The number of aryl methyl sites for hydroxylation is 2. The Hall–Kier alpha value is -1.74. The maximum Gasteiger partial charge on any atom is 0.297 e. The van der Waals surface area contributed by atoms with Crippen LogP contribution in [0.1, 0.15) is 36.8 Å². The van der Waals surface area contributed by atoms with E-state index in [2.05, 4.69) is 0 Å². The first kappa shape index (κ1) is 21.0. The second kappa shape index (κ2) is 8.32. The van der Waals surface area contributed by atoms with Crippen LogP contribution in [0.5, 0.6) is 0 Å². The van der Waals surface area contributed by atoms with E-state index >= 15 is 0 Å². The van der Waals surface area contributed by atoms with Gasteiger partial charge in [0.15, 0.2) is 0 Å². The van der Waals surface area contributed by atoms with Crippen molar-refractivity contribution in [3.63, 3.8) is 0 Å². The van der Waals surface area contributed by atoms with Crippen molar-refractivity contribution in [3.8, 4) is 0 Å². The lowest BCUT2D eigenvalue weighted by molar-refractivity contribution is 0.0311. The van der Waals surface area contributed by atoms with Gasteiger partial charge in [0.1, 0.15) is 12.2 Å². The predicted molar refractivity (Wildman–Crippen MR) is 105 cm³/mol. The highest BCUT2D eigenvalue weighted by Gasteiger charge is 2.35. The number of hydrogen-bond donors (Lipinski definition) is 0. The van der Waals surface area contributed by atoms with Crippen LogP contribution < -0.4 is 0 Å². The van der Waals surface area contributed by atoms with E-state index in [4.69, 9.17) is 8.37 Å². The van der Waals surface area contributed by atoms with Crippen LogP contribution in [0, 0.1) is 13.8 Å². The van der Waals surface area contributed by atoms with Gasteiger partial charge in [-0.1, -0.05) is 48.2 Å². The highest BCUT2D eigenvalue weighted by atomic mass is 32.2. The summed E-state index contributed by atoms with van der Waals surface area (Å²) >= 11 is 0. The zero-order chi connectivity index (χ0) is 20.4. The molecular formula is C20H24O6S2. The summed E-state index contributed by atoms with van der Waals surface area (Å²) in [4.78, 5) is 0.0904. The smallest absolute Gasteiger partial charge is 0.260 e. The van der Waals surface area contributed by atoms with Crippen LogP contribution in [-0.2, 0) is 28.6 Å². The van der Waals surface area contributed by atoms with Crippen LogP contribution in [0.25, 0.3) is 0 Å². The molecule has 0 unspecified atom stereocenters. The molecule has 6 nitrogen and oxygen atoms in total. The fraction of sp³-hybridized carbons (Fsp3) is 0.400. The first-order valence-corrected chi connectivity index (χ1v) is 12.0. The molecule has 3 rings (SSSR count). The highest BCUT2D eigenvalue weighted by Crippen LogP contribution is 2.30. The zero-order valence-corrected chi connectivity index (χ0v) is 17.5. The summed E-state index contributed by atoms with van der Waals surface area (Å²) in [7, 11) is -8.02. The Labute approximate surface area is 166 Å². The fourth-order valence-electron chi connectivity index (χ4n) is 3.13. The van der Waals surface area contributed by atoms with Crippen LogP contribution >= 0.6 is 0 Å². The molecule has 0 bridgehead atoms. The van der Waals surface area contributed by atoms with E-state index in [1.807, 2.05) is 13.8 Å². The molecule has 152 valence electrons. The van der Waals surface area contributed by atoms with Gasteiger partial charge in [0.05, 0.1) is 9.79 Å². The van der Waals surface area contributed by atoms with E-state index in [0.717, 1.165) is 24.0 Å². The Morgan fingerprint density at radius 2 is 0.964 bits per heavy atom. The average Bonchev–Trinajstić information content (AvgIpc) is 2.64. The summed E-state index contributed by atoms with van der Waals surface area (Å²) in [5.41, 5.74) is 1.86. The Morgan fingerprint density at radius 3 is 1.29 bits per heavy atom. The molecule has 0 radical (unpaired) electrons. The number of rotatable bonds is 6. The predicted octanol–water partition coefficient (Wildman–Crippen LogP) is 3.73. The Morgan fingerprint density at radius 1 is 0.643 bits per heavy atom. The van der Waals surface area contributed by atoms with E-state index in [1.54, 1.807) is 24.3 Å². The summed E-state index contributed by atoms with van der Waals surface area (Å²) in [6.45, 7) is 3.72. The van der Waals surface area contributed by atoms with E-state index in [-0.39, 0.29) is 9.79 Å². The van der Waals surface area contributed by atoms with E-state index in [9.17, 15) is 16.8 Å². The molecule has 2 atom stereocenters. The molecule has 0 N–H and O–H groups in total. The van der Waals surface area contributed by atoms with Gasteiger partial charge in [0.25, 0.3) is 20.2 Å². The summed E-state index contributed by atoms with van der Waals surface area (Å²) < 4.78 is 61.2. The Bertz CT molecular complexity index is 924. The standard InChI is InChI=1S/C20H24O6S2/c1-15-7-11-17(12-8-15)27(21,22)25-19-5-3-4-6-20(19)26-28(23,24)18-13-9-16(2)10-14-18/h7-14,19-20H,3-6H2,1-2H3/t19-,20+. The molecule has 1 fully saturated rings. The van der Waals surface area contributed by atoms with Crippen molar-refractivity contribution in [2.75, 3.05) is 0 Å². The van der Waals surface area contributed by atoms with Crippen molar-refractivity contribution < 1.29 is 25.2 Å². The van der Waals surface area contributed by atoms with Gasteiger partial charge in [-0.15, -0.1) is 0 Å². The van der Waals surface area contributed by atoms with Crippen LogP contribution in [0.4, 0.5) is 0 Å². The molecule has 0 saturated heterocycles. The molecule has 0 aliphatic heterocycles. The van der Waals surface area contributed by atoms with Gasteiger partial charge in [-0.25, -0.2) is 0 Å². The second-order valence-corrected chi connectivity index (χ2v) is 10.2. The minimum atomic E-state index is -4.01. The lowest BCUT2D eigenvalue weighted by Gasteiger charge is -2.30. The zero-order valence-electron chi connectivity index (χ0n) is 15.9. The van der Waals surface area contributed by atoms with Gasteiger partial charge < -0.3 is 0 Å². The first-order chi connectivity index (χ1) is 13.2. The van der Waals surface area contributed by atoms with Gasteiger partial charge >= 0.3 is 0 Å². The monoisotopic (exact) mass is 424 g/mol. The molecule has 0 amide bonds. The summed E-state index contributed by atoms with van der Waals surface area (Å²) in [6.07, 6.45) is 0.635. The van der Waals surface area contributed by atoms with Crippen molar-refractivity contribution >= 4 is 20.2 Å². The SMILES string of the molecule is Cc1ccc(S(=O)(=O)O[C@H]2CCCC[C@H]2OS(=O)(=O)c2ccc(C)cc2)cc1. The Kier molecular flexibility index (Phi) is 6.24. The molecule has 1 saturated carbocycles. The third-order valence-electron chi connectivity index (χ3n) is 4.76. The molecule has 8 heteroatoms. The highest BCUT2D eigenvalue weighted by molar-refractivity contribution is 7.87. The number of benzene rings is 2. The molecule has 2 aromatic rings. The minimum Gasteiger partial charge on any atom is -0.260 e. The van der Waals surface area contributed by atoms with Crippen molar-refractivity contribution in [1.29, 1.82) is 0 Å². The minimum absolute atomic E-state index is 0.0452. The molecule has 1 aliphatic carbocycles. The van der Waals surface area contributed by atoms with Gasteiger partial charge in [0, 0.05) is 0 Å². The first-order valence-electron chi connectivity index (χ1n) is 9.17. The molecule has 2 aromatic carbocycles. The van der Waals surface area contributed by atoms with Crippen molar-refractivity contribution in [2.45, 2.75) is 61.5 Å². The normalized spacial score (nSPS) is 20.8. The van der Waals surface area contributed by atoms with Gasteiger partial charge in [-0.2, -0.15) is 16.8 Å². The number of hydrogen-bond acceptors (Lipinski definition) is 6. The third kappa shape index (κ3) is 5.00. The molecule has 1 aliphatic rings. The van der Waals surface area contributed by atoms with Crippen LogP contribution in [0.15, 0.2) is 58.3 Å². The third-order valence-corrected chi connectivity index (χ3v) is 7.46. The maximum absolute atomic E-state index is 12.6. The fourth-order valence-corrected chi connectivity index (χ4v) is 5.38. The lowest BCUT2D eigenvalue weighted by Crippen LogP contribution is -2.37. The van der Waals surface area contributed by atoms with Crippen molar-refractivity contribution in [1.82, 2.24) is 0 Å². The van der Waals surface area contributed by atoms with Crippen LogP contribution in [-0.4, -0.2) is 29.0 Å². The van der Waals surface area contributed by atoms with E-state index in [1.165, 1.54) is 24.3 Å². The summed E-state index contributed by atoms with van der Waals surface area (Å²) in [6, 6.07) is 12.7. The lowest BCUT2D eigenvalue weighted by atomic mass is 9.95. The summed E-state index contributed by atoms with van der Waals surface area (Å²) in [5.74, 6) is 0. The molecule has 0 spiro atoms. The second-order valence-electron chi connectivity index (χ2n) is 7.09. The van der Waals surface area contributed by atoms with Crippen molar-refractivity contribution in [3.05, 3.63) is 59.7 Å². The molecule has 0 heterocycles. The molecule has 28 heavy (non-hydrogen) atoms. The van der Waals surface area contributed by atoms with Crippen LogP contribution in [0.2, 0.25) is 0 Å². The largest absolute Gasteiger partial charge is 0.297 e. The van der Waals surface area contributed by atoms with Gasteiger partial charge in [0.2, 0.25) is 0 Å². The molecule has 0 aromatic heterocycles. The van der Waals surface area contributed by atoms with Gasteiger partial charge in [-0.05, 0) is 51.0 Å². The molecular weight excluding hydrogens is 400 g/mol. The van der Waals surface area contributed by atoms with Crippen molar-refractivity contribution in [2.24, 2.45) is 0 Å². The summed E-state index contributed by atoms with van der Waals surface area (Å²) in [5, 5.41) is 0. The van der Waals surface area contributed by atoms with E-state index in [0.29, 0.717) is 12.8 Å². The topological polar surface area (TPSA) is 86.7 Å². The quantitative estimate of drug-likeness (QED) is 0.657. The Balaban J connectivity index is 1.78. The van der Waals surface area contributed by atoms with Crippen LogP contribution in [0.3, 0.4) is 0 Å². The maximum atomic E-state index is 12.6. The van der Waals surface area contributed by atoms with E-state index < -0.39 is 32.4 Å².